The number of allylic oxidation sites excluding steroid dienone is 3. The van der Waals surface area contributed by atoms with Crippen LogP contribution >= 0.6 is 11.3 Å². The number of halogens is 3. The van der Waals surface area contributed by atoms with Gasteiger partial charge in [-0.15, -0.1) is 0 Å². The molecular formula is C23H25F3N2S. The van der Waals surface area contributed by atoms with Gasteiger partial charge in [0.25, 0.3) is 0 Å². The van der Waals surface area contributed by atoms with Gasteiger partial charge in [-0.05, 0) is 61.1 Å². The number of thiazole rings is 1. The molecule has 0 unspecified atom stereocenters. The number of para-hydroxylation sites is 1. The van der Waals surface area contributed by atoms with Crippen LogP contribution in [0.5, 0.6) is 0 Å². The quantitative estimate of drug-likeness (QED) is 0.523. The molecule has 0 spiro atoms. The van der Waals surface area contributed by atoms with Gasteiger partial charge in [0.1, 0.15) is 0 Å². The highest BCUT2D eigenvalue weighted by molar-refractivity contribution is 7.16. The first-order valence-corrected chi connectivity index (χ1v) is 10.7. The van der Waals surface area contributed by atoms with Gasteiger partial charge >= 0.3 is 6.18 Å². The molecule has 0 saturated heterocycles. The van der Waals surface area contributed by atoms with Crippen molar-refractivity contribution < 1.29 is 13.2 Å². The third-order valence-corrected chi connectivity index (χ3v) is 7.64. The minimum atomic E-state index is -4.41. The Hall–Kier alpha value is -2.08. The lowest BCUT2D eigenvalue weighted by molar-refractivity contribution is -0.136. The van der Waals surface area contributed by atoms with Crippen LogP contribution in [0.25, 0.3) is 5.57 Å². The zero-order chi connectivity index (χ0) is 21.0. The van der Waals surface area contributed by atoms with Crippen LogP contribution in [0.1, 0.15) is 49.7 Å². The molecule has 0 fully saturated rings. The van der Waals surface area contributed by atoms with Crippen LogP contribution in [0.2, 0.25) is 0 Å². The van der Waals surface area contributed by atoms with Crippen LogP contribution < -0.4 is 5.32 Å². The highest BCUT2D eigenvalue weighted by Crippen LogP contribution is 2.57. The third kappa shape index (κ3) is 3.52. The molecule has 6 heteroatoms. The lowest BCUT2D eigenvalue weighted by atomic mass is 9.59. The largest absolute Gasteiger partial charge is 0.418 e. The Kier molecular flexibility index (Phi) is 4.88. The van der Waals surface area contributed by atoms with E-state index in [1.54, 1.807) is 6.07 Å². The molecule has 1 aromatic carbocycles. The number of benzene rings is 1. The molecule has 0 bridgehead atoms. The maximum Gasteiger partial charge on any atom is 0.418 e. The number of nitrogens with zero attached hydrogens (tertiary/aromatic N) is 1. The van der Waals surface area contributed by atoms with Crippen LogP contribution in [0.4, 0.5) is 24.0 Å². The number of hydrogen-bond donors (Lipinski definition) is 1. The Morgan fingerprint density at radius 3 is 2.72 bits per heavy atom. The monoisotopic (exact) mass is 418 g/mol. The molecule has 0 radical (unpaired) electrons. The van der Waals surface area contributed by atoms with E-state index in [0.717, 1.165) is 35.9 Å². The first kappa shape index (κ1) is 20.2. The van der Waals surface area contributed by atoms with Gasteiger partial charge in [0, 0.05) is 0 Å². The Balaban J connectivity index is 1.70. The molecule has 1 heterocycles. The normalized spacial score (nSPS) is 26.3. The average molecular weight is 419 g/mol. The van der Waals surface area contributed by atoms with E-state index in [4.69, 9.17) is 0 Å². The standard InChI is InChI=1S/C23H25F3N2S/c1-13(2)15-9-10-17-20-19(11-14(3)22(17,4)12-15)28-21(29-20)27-18-8-6-5-7-16(18)23(24,25)26/h5-8,10,14-15H,1,9,11-12H2,2-4H3,(H,27,28)/t14-,15-,22+/m1/s1. The molecule has 0 saturated carbocycles. The van der Waals surface area contributed by atoms with E-state index in [0.29, 0.717) is 17.0 Å². The second-order valence-electron chi connectivity index (χ2n) is 8.59. The van der Waals surface area contributed by atoms with E-state index in [2.05, 4.69) is 43.7 Å². The lowest BCUT2D eigenvalue weighted by Gasteiger charge is -2.46. The number of alkyl halides is 3. The third-order valence-electron chi connectivity index (χ3n) is 6.59. The van der Waals surface area contributed by atoms with E-state index in [1.807, 2.05) is 0 Å². The fourth-order valence-electron chi connectivity index (χ4n) is 4.62. The Labute approximate surface area is 173 Å². The Morgan fingerprint density at radius 1 is 1.31 bits per heavy atom. The summed E-state index contributed by atoms with van der Waals surface area (Å²) in [5.41, 5.74) is 2.93. The van der Waals surface area contributed by atoms with Gasteiger partial charge < -0.3 is 5.32 Å². The molecule has 29 heavy (non-hydrogen) atoms. The van der Waals surface area contributed by atoms with Crippen molar-refractivity contribution in [3.05, 3.63) is 58.6 Å². The van der Waals surface area contributed by atoms with Crippen molar-refractivity contribution >= 4 is 27.7 Å². The summed E-state index contributed by atoms with van der Waals surface area (Å²) in [6, 6.07) is 5.55. The number of hydrogen-bond acceptors (Lipinski definition) is 3. The molecule has 4 rings (SSSR count). The predicted octanol–water partition coefficient (Wildman–Crippen LogP) is 7.47. The van der Waals surface area contributed by atoms with E-state index in [9.17, 15) is 13.2 Å². The summed E-state index contributed by atoms with van der Waals surface area (Å²) in [5, 5.41) is 3.45. The van der Waals surface area contributed by atoms with Crippen molar-refractivity contribution in [3.8, 4) is 0 Å². The number of anilines is 2. The lowest BCUT2D eigenvalue weighted by Crippen LogP contribution is -2.36. The molecule has 1 aromatic heterocycles. The molecule has 0 amide bonds. The van der Waals surface area contributed by atoms with Crippen molar-refractivity contribution in [2.75, 3.05) is 5.32 Å². The number of fused-ring (bicyclic) bond motifs is 3. The minimum absolute atomic E-state index is 0.0434. The summed E-state index contributed by atoms with van der Waals surface area (Å²) >= 11 is 1.47. The fraction of sp³-hybridized carbons (Fsp3) is 0.435. The Bertz CT molecular complexity index is 988. The van der Waals surface area contributed by atoms with Crippen molar-refractivity contribution in [1.29, 1.82) is 0 Å². The first-order valence-electron chi connectivity index (χ1n) is 9.89. The van der Waals surface area contributed by atoms with Crippen molar-refractivity contribution in [3.63, 3.8) is 0 Å². The predicted molar refractivity (Wildman–Crippen MR) is 113 cm³/mol. The van der Waals surface area contributed by atoms with Crippen LogP contribution in [-0.4, -0.2) is 4.98 Å². The summed E-state index contributed by atoms with van der Waals surface area (Å²) in [6.45, 7) is 10.8. The molecule has 2 nitrogen and oxygen atoms in total. The van der Waals surface area contributed by atoms with Crippen LogP contribution in [0, 0.1) is 17.3 Å². The Morgan fingerprint density at radius 2 is 2.03 bits per heavy atom. The average Bonchev–Trinajstić information content (AvgIpc) is 3.03. The number of rotatable bonds is 3. The van der Waals surface area contributed by atoms with Gasteiger partial charge in [-0.2, -0.15) is 13.2 Å². The fourth-order valence-corrected chi connectivity index (χ4v) is 5.80. The second kappa shape index (κ2) is 7.01. The SMILES string of the molecule is C=C(C)[C@@H]1CC=C2c3sc(Nc4ccccc4C(F)(F)F)nc3C[C@@H](C)[C@]2(C)C1. The van der Waals surface area contributed by atoms with Gasteiger partial charge in [0.15, 0.2) is 5.13 Å². The first-order chi connectivity index (χ1) is 13.6. The molecule has 2 aromatic rings. The number of aromatic nitrogens is 1. The second-order valence-corrected chi connectivity index (χ2v) is 9.59. The summed E-state index contributed by atoms with van der Waals surface area (Å²) in [6.07, 6.45) is 0.765. The van der Waals surface area contributed by atoms with E-state index >= 15 is 0 Å². The maximum atomic E-state index is 13.3. The molecule has 1 N–H and O–H groups in total. The van der Waals surface area contributed by atoms with Gasteiger partial charge in [0.2, 0.25) is 0 Å². The molecule has 154 valence electrons. The van der Waals surface area contributed by atoms with Crippen LogP contribution in [0.3, 0.4) is 0 Å². The van der Waals surface area contributed by atoms with E-state index < -0.39 is 11.7 Å². The molecule has 2 aliphatic rings. The molecular weight excluding hydrogens is 393 g/mol. The van der Waals surface area contributed by atoms with Crippen molar-refractivity contribution in [1.82, 2.24) is 4.98 Å². The van der Waals surface area contributed by atoms with E-state index in [1.165, 1.54) is 34.6 Å². The molecule has 2 aliphatic carbocycles. The summed E-state index contributed by atoms with van der Waals surface area (Å²) < 4.78 is 40.0. The molecule has 3 atom stereocenters. The van der Waals surface area contributed by atoms with Gasteiger partial charge in [0.05, 0.1) is 21.8 Å². The summed E-state index contributed by atoms with van der Waals surface area (Å²) in [5.74, 6) is 0.901. The highest BCUT2D eigenvalue weighted by atomic mass is 32.1. The van der Waals surface area contributed by atoms with E-state index in [-0.39, 0.29) is 11.1 Å². The van der Waals surface area contributed by atoms with Crippen LogP contribution in [0.15, 0.2) is 42.5 Å². The number of nitrogens with one attached hydrogen (secondary N) is 1. The van der Waals surface area contributed by atoms with Gasteiger partial charge in [-0.3, -0.25) is 0 Å². The minimum Gasteiger partial charge on any atom is -0.331 e. The summed E-state index contributed by atoms with van der Waals surface area (Å²) in [7, 11) is 0. The van der Waals surface area contributed by atoms with Crippen molar-refractivity contribution in [2.24, 2.45) is 17.3 Å². The zero-order valence-corrected chi connectivity index (χ0v) is 17.7. The van der Waals surface area contributed by atoms with Crippen molar-refractivity contribution in [2.45, 2.75) is 46.2 Å². The smallest absolute Gasteiger partial charge is 0.331 e. The molecule has 0 aliphatic heterocycles. The topological polar surface area (TPSA) is 24.9 Å². The van der Waals surface area contributed by atoms with Crippen LogP contribution in [-0.2, 0) is 12.6 Å². The van der Waals surface area contributed by atoms with Gasteiger partial charge in [-0.25, -0.2) is 4.98 Å². The zero-order valence-electron chi connectivity index (χ0n) is 16.9. The summed E-state index contributed by atoms with van der Waals surface area (Å²) in [4.78, 5) is 5.80. The van der Waals surface area contributed by atoms with Gasteiger partial charge in [-0.1, -0.05) is 55.5 Å². The maximum absolute atomic E-state index is 13.3. The highest BCUT2D eigenvalue weighted by Gasteiger charge is 2.45.